The Bertz CT molecular complexity index is 294. The van der Waals surface area contributed by atoms with E-state index < -0.39 is 5.60 Å². The molecule has 0 aromatic rings. The van der Waals surface area contributed by atoms with E-state index in [1.807, 2.05) is 20.8 Å². The zero-order valence-corrected chi connectivity index (χ0v) is 13.1. The number of thiocarbonyl (C=S) groups is 1. The second-order valence-corrected chi connectivity index (χ2v) is 5.71. The zero-order valence-electron chi connectivity index (χ0n) is 12.3. The van der Waals surface area contributed by atoms with Crippen LogP contribution in [0.5, 0.6) is 0 Å². The topological polar surface area (TPSA) is 50.7 Å². The molecule has 0 saturated heterocycles. The Morgan fingerprint density at radius 3 is 2.32 bits per heavy atom. The number of alkyl carbamates (subject to hydrolysis) is 1. The fourth-order valence-electron chi connectivity index (χ4n) is 1.57. The first kappa shape index (κ1) is 18.1. The van der Waals surface area contributed by atoms with Gasteiger partial charge in [-0.05, 0) is 45.8 Å². The molecule has 0 atom stereocenters. The van der Waals surface area contributed by atoms with Gasteiger partial charge in [0.1, 0.15) is 5.60 Å². The molecule has 0 rings (SSSR count). The van der Waals surface area contributed by atoms with Crippen molar-refractivity contribution in [1.82, 2.24) is 5.32 Å². The smallest absolute Gasteiger partial charge is 0.407 e. The minimum Gasteiger partial charge on any atom is -0.444 e. The van der Waals surface area contributed by atoms with Crippen molar-refractivity contribution in [3.8, 4) is 0 Å². The fraction of sp³-hybridized carbons (Fsp3) is 0.857. The second kappa shape index (κ2) is 10.9. The number of hydrogen-bond acceptors (Lipinski definition) is 4. The Kier molecular flexibility index (Phi) is 10.4. The lowest BCUT2D eigenvalue weighted by atomic mass is 10.1. The number of aliphatic imine (C=N–C) groups is 1. The van der Waals surface area contributed by atoms with E-state index in [2.05, 4.69) is 27.7 Å². The van der Waals surface area contributed by atoms with Crippen LogP contribution in [0.15, 0.2) is 4.99 Å². The third kappa shape index (κ3) is 15.0. The van der Waals surface area contributed by atoms with Gasteiger partial charge < -0.3 is 10.1 Å². The monoisotopic (exact) mass is 286 g/mol. The number of carbonyl (C=O) groups is 1. The molecule has 0 fully saturated rings. The fourth-order valence-corrected chi connectivity index (χ4v) is 1.66. The Hall–Kier alpha value is -0.930. The number of isothiocyanates is 1. The molecule has 110 valence electrons. The molecule has 0 unspecified atom stereocenters. The van der Waals surface area contributed by atoms with E-state index in [0.717, 1.165) is 25.8 Å². The average molecular weight is 286 g/mol. The van der Waals surface area contributed by atoms with Crippen molar-refractivity contribution in [2.24, 2.45) is 4.99 Å². The second-order valence-electron chi connectivity index (χ2n) is 5.52. The highest BCUT2D eigenvalue weighted by molar-refractivity contribution is 7.78. The maximum atomic E-state index is 11.3. The van der Waals surface area contributed by atoms with E-state index in [-0.39, 0.29) is 6.09 Å². The summed E-state index contributed by atoms with van der Waals surface area (Å²) in [5, 5.41) is 5.13. The van der Waals surface area contributed by atoms with E-state index in [9.17, 15) is 4.79 Å². The van der Waals surface area contributed by atoms with Crippen LogP contribution in [-0.2, 0) is 4.74 Å². The lowest BCUT2D eigenvalue weighted by molar-refractivity contribution is 0.0527. The molecule has 0 bridgehead atoms. The maximum Gasteiger partial charge on any atom is 0.407 e. The largest absolute Gasteiger partial charge is 0.444 e. The molecule has 0 aliphatic carbocycles. The first-order valence-corrected chi connectivity index (χ1v) is 7.37. The summed E-state index contributed by atoms with van der Waals surface area (Å²) in [5.74, 6) is 0. The van der Waals surface area contributed by atoms with Gasteiger partial charge in [0.25, 0.3) is 0 Å². The summed E-state index contributed by atoms with van der Waals surface area (Å²) in [6.07, 6.45) is 6.46. The van der Waals surface area contributed by atoms with Crippen molar-refractivity contribution >= 4 is 23.5 Å². The SMILES string of the molecule is CC(C)(C)OC(=O)NCCCCCCCCN=C=S. The third-order valence-electron chi connectivity index (χ3n) is 2.43. The quantitative estimate of drug-likeness (QED) is 0.396. The van der Waals surface area contributed by atoms with E-state index >= 15 is 0 Å². The highest BCUT2D eigenvalue weighted by Crippen LogP contribution is 2.07. The molecule has 0 spiro atoms. The minimum atomic E-state index is -0.422. The van der Waals surface area contributed by atoms with Gasteiger partial charge in [0, 0.05) is 13.1 Å². The normalized spacial score (nSPS) is 10.7. The van der Waals surface area contributed by atoms with Gasteiger partial charge in [-0.15, -0.1) is 0 Å². The Balaban J connectivity index is 3.27. The summed E-state index contributed by atoms with van der Waals surface area (Å²) >= 11 is 4.49. The zero-order chi connectivity index (χ0) is 14.6. The van der Waals surface area contributed by atoms with Crippen molar-refractivity contribution in [3.63, 3.8) is 0 Å². The molecule has 0 radical (unpaired) electrons. The number of nitrogens with one attached hydrogen (secondary N) is 1. The summed E-state index contributed by atoms with van der Waals surface area (Å²) in [7, 11) is 0. The predicted octanol–water partition coefficient (Wildman–Crippen LogP) is 3.95. The molecule has 0 aromatic carbocycles. The van der Waals surface area contributed by atoms with Gasteiger partial charge >= 0.3 is 6.09 Å². The number of ether oxygens (including phenoxy) is 1. The molecule has 0 heterocycles. The summed E-state index contributed by atoms with van der Waals surface area (Å²) < 4.78 is 5.15. The van der Waals surface area contributed by atoms with Crippen LogP contribution in [0.1, 0.15) is 59.3 Å². The van der Waals surface area contributed by atoms with E-state index in [0.29, 0.717) is 6.54 Å². The molecule has 0 aliphatic rings. The highest BCUT2D eigenvalue weighted by atomic mass is 32.1. The van der Waals surface area contributed by atoms with Crippen molar-refractivity contribution in [1.29, 1.82) is 0 Å². The van der Waals surface area contributed by atoms with E-state index in [4.69, 9.17) is 4.74 Å². The number of unbranched alkanes of at least 4 members (excludes halogenated alkanes) is 5. The van der Waals surface area contributed by atoms with Gasteiger partial charge in [0.15, 0.2) is 0 Å². The molecule has 0 aliphatic heterocycles. The Morgan fingerprint density at radius 1 is 1.16 bits per heavy atom. The lowest BCUT2D eigenvalue weighted by Gasteiger charge is -2.19. The molecule has 19 heavy (non-hydrogen) atoms. The van der Waals surface area contributed by atoms with Crippen LogP contribution < -0.4 is 5.32 Å². The molecule has 5 heteroatoms. The summed E-state index contributed by atoms with van der Waals surface area (Å²) in [6.45, 7) is 7.06. The number of hydrogen-bond donors (Lipinski definition) is 1. The van der Waals surface area contributed by atoms with Gasteiger partial charge in [0.05, 0.1) is 5.16 Å². The van der Waals surface area contributed by atoms with Crippen LogP contribution in [0, 0.1) is 0 Å². The molecular formula is C14H26N2O2S. The van der Waals surface area contributed by atoms with E-state index in [1.54, 1.807) is 0 Å². The maximum absolute atomic E-state index is 11.3. The van der Waals surface area contributed by atoms with Gasteiger partial charge in [-0.2, -0.15) is 0 Å². The number of rotatable bonds is 9. The van der Waals surface area contributed by atoms with Crippen molar-refractivity contribution in [2.45, 2.75) is 64.9 Å². The van der Waals surface area contributed by atoms with E-state index in [1.165, 1.54) is 19.3 Å². The summed E-state index contributed by atoms with van der Waals surface area (Å²) in [6, 6.07) is 0. The third-order valence-corrected chi connectivity index (χ3v) is 2.56. The predicted molar refractivity (Wildman–Crippen MR) is 81.8 cm³/mol. The Labute approximate surface area is 122 Å². The van der Waals surface area contributed by atoms with Gasteiger partial charge in [-0.25, -0.2) is 9.79 Å². The number of carbonyl (C=O) groups excluding carboxylic acids is 1. The van der Waals surface area contributed by atoms with Crippen LogP contribution in [0.25, 0.3) is 0 Å². The molecular weight excluding hydrogens is 260 g/mol. The van der Waals surface area contributed by atoms with Crippen LogP contribution in [0.3, 0.4) is 0 Å². The molecule has 1 N–H and O–H groups in total. The van der Waals surface area contributed by atoms with Crippen molar-refractivity contribution in [2.75, 3.05) is 13.1 Å². The van der Waals surface area contributed by atoms with Crippen LogP contribution >= 0.6 is 12.2 Å². The minimum absolute atomic E-state index is 0.328. The molecule has 1 amide bonds. The summed E-state index contributed by atoms with van der Waals surface area (Å²) in [4.78, 5) is 15.2. The standard InChI is InChI=1S/C14H26N2O2S/c1-14(2,3)18-13(17)16-11-9-7-5-4-6-8-10-15-12-19/h4-11H2,1-3H3,(H,16,17). The van der Waals surface area contributed by atoms with Crippen LogP contribution in [0.2, 0.25) is 0 Å². The van der Waals surface area contributed by atoms with Crippen LogP contribution in [-0.4, -0.2) is 29.9 Å². The number of nitrogens with zero attached hydrogens (tertiary/aromatic N) is 1. The van der Waals surface area contributed by atoms with Crippen molar-refractivity contribution in [3.05, 3.63) is 0 Å². The molecule has 0 saturated carbocycles. The highest BCUT2D eigenvalue weighted by Gasteiger charge is 2.15. The first-order chi connectivity index (χ1) is 8.95. The average Bonchev–Trinajstić information content (AvgIpc) is 2.29. The lowest BCUT2D eigenvalue weighted by Crippen LogP contribution is -2.32. The molecule has 0 aromatic heterocycles. The van der Waals surface area contributed by atoms with Gasteiger partial charge in [-0.3, -0.25) is 0 Å². The molecule has 4 nitrogen and oxygen atoms in total. The Morgan fingerprint density at radius 2 is 1.74 bits per heavy atom. The van der Waals surface area contributed by atoms with Crippen molar-refractivity contribution < 1.29 is 9.53 Å². The van der Waals surface area contributed by atoms with Gasteiger partial charge in [0.2, 0.25) is 0 Å². The van der Waals surface area contributed by atoms with Gasteiger partial charge in [-0.1, -0.05) is 25.7 Å². The first-order valence-electron chi connectivity index (χ1n) is 6.96. The van der Waals surface area contributed by atoms with Crippen LogP contribution in [0.4, 0.5) is 4.79 Å². The summed E-state index contributed by atoms with van der Waals surface area (Å²) in [5.41, 5.74) is -0.422. The number of amides is 1.